The van der Waals surface area contributed by atoms with Crippen LogP contribution in [0.4, 0.5) is 15.8 Å². The molecular formula is C23H18FN5O4S. The van der Waals surface area contributed by atoms with Gasteiger partial charge in [0.2, 0.25) is 5.91 Å². The number of ether oxygens (including phenoxy) is 1. The van der Waals surface area contributed by atoms with Gasteiger partial charge in [0.05, 0.1) is 23.5 Å². The van der Waals surface area contributed by atoms with E-state index in [1.165, 1.54) is 28.8 Å². The molecule has 3 aromatic carbocycles. The lowest BCUT2D eigenvalue weighted by atomic mass is 10.2. The van der Waals surface area contributed by atoms with Crippen LogP contribution in [0.25, 0.3) is 17.1 Å². The molecular weight excluding hydrogens is 461 g/mol. The highest BCUT2D eigenvalue weighted by Gasteiger charge is 2.20. The fourth-order valence-electron chi connectivity index (χ4n) is 3.20. The van der Waals surface area contributed by atoms with Crippen molar-refractivity contribution in [2.75, 3.05) is 18.2 Å². The van der Waals surface area contributed by atoms with Crippen molar-refractivity contribution < 1.29 is 18.8 Å². The molecule has 1 aromatic heterocycles. The van der Waals surface area contributed by atoms with Gasteiger partial charge in [0.15, 0.2) is 11.0 Å². The van der Waals surface area contributed by atoms with Gasteiger partial charge >= 0.3 is 0 Å². The average Bonchev–Trinajstić information content (AvgIpc) is 3.27. The number of aromatic nitrogens is 3. The molecule has 0 fully saturated rings. The molecule has 172 valence electrons. The quantitative estimate of drug-likeness (QED) is 0.221. The van der Waals surface area contributed by atoms with Crippen LogP contribution in [0.5, 0.6) is 5.75 Å². The summed E-state index contributed by atoms with van der Waals surface area (Å²) in [6.45, 7) is 0. The largest absolute Gasteiger partial charge is 0.497 e. The zero-order valence-electron chi connectivity index (χ0n) is 17.8. The third kappa shape index (κ3) is 4.89. The van der Waals surface area contributed by atoms with Gasteiger partial charge in [-0.15, -0.1) is 10.2 Å². The minimum Gasteiger partial charge on any atom is -0.497 e. The Morgan fingerprint density at radius 2 is 1.79 bits per heavy atom. The molecule has 1 amide bonds. The number of hydrogen-bond donors (Lipinski definition) is 1. The van der Waals surface area contributed by atoms with Crippen molar-refractivity contribution in [3.63, 3.8) is 0 Å². The molecule has 0 aliphatic rings. The summed E-state index contributed by atoms with van der Waals surface area (Å²) in [6.07, 6.45) is 0. The Kier molecular flexibility index (Phi) is 6.83. The molecule has 1 heterocycles. The molecule has 0 saturated carbocycles. The normalized spacial score (nSPS) is 10.6. The first kappa shape index (κ1) is 22.9. The number of anilines is 1. The van der Waals surface area contributed by atoms with Gasteiger partial charge in [-0.25, -0.2) is 4.39 Å². The van der Waals surface area contributed by atoms with Gasteiger partial charge in [0.25, 0.3) is 5.69 Å². The van der Waals surface area contributed by atoms with Crippen molar-refractivity contribution >= 4 is 29.0 Å². The summed E-state index contributed by atoms with van der Waals surface area (Å²) in [6, 6.07) is 19.1. The van der Waals surface area contributed by atoms with Crippen molar-refractivity contribution in [1.82, 2.24) is 14.8 Å². The maximum absolute atomic E-state index is 14.7. The summed E-state index contributed by atoms with van der Waals surface area (Å²) in [7, 11) is 1.56. The van der Waals surface area contributed by atoms with E-state index in [2.05, 4.69) is 15.5 Å². The maximum Gasteiger partial charge on any atom is 0.292 e. The van der Waals surface area contributed by atoms with Gasteiger partial charge in [-0.3, -0.25) is 19.5 Å². The van der Waals surface area contributed by atoms with Gasteiger partial charge in [0, 0.05) is 11.6 Å². The molecule has 11 heteroatoms. The highest BCUT2D eigenvalue weighted by Crippen LogP contribution is 2.30. The molecule has 0 bridgehead atoms. The lowest BCUT2D eigenvalue weighted by Gasteiger charge is -2.11. The number of rotatable bonds is 8. The molecule has 0 saturated heterocycles. The summed E-state index contributed by atoms with van der Waals surface area (Å²) < 4.78 is 21.4. The molecule has 9 nitrogen and oxygen atoms in total. The Balaban J connectivity index is 1.62. The van der Waals surface area contributed by atoms with Crippen LogP contribution in [-0.4, -0.2) is 38.5 Å². The Hall–Kier alpha value is -4.25. The summed E-state index contributed by atoms with van der Waals surface area (Å²) in [4.78, 5) is 23.1. The van der Waals surface area contributed by atoms with Crippen LogP contribution in [0.15, 0.2) is 78.0 Å². The number of hydrogen-bond acceptors (Lipinski definition) is 7. The molecule has 0 radical (unpaired) electrons. The number of halogens is 1. The highest BCUT2D eigenvalue weighted by molar-refractivity contribution is 7.99. The van der Waals surface area contributed by atoms with Gasteiger partial charge in [-0.05, 0) is 42.5 Å². The fourth-order valence-corrected chi connectivity index (χ4v) is 3.94. The van der Waals surface area contributed by atoms with Gasteiger partial charge in [-0.2, -0.15) is 0 Å². The van der Waals surface area contributed by atoms with Gasteiger partial charge in [-0.1, -0.05) is 36.0 Å². The summed E-state index contributed by atoms with van der Waals surface area (Å²) in [5.41, 5.74) is 0.775. The molecule has 0 spiro atoms. The molecule has 4 rings (SSSR count). The minimum atomic E-state index is -0.571. The number of nitro benzene ring substituents is 1. The second kappa shape index (κ2) is 10.1. The number of carbonyl (C=O) groups excluding carboxylic acids is 1. The van der Waals surface area contributed by atoms with Crippen LogP contribution in [-0.2, 0) is 4.79 Å². The predicted molar refractivity (Wildman–Crippen MR) is 126 cm³/mol. The highest BCUT2D eigenvalue weighted by atomic mass is 32.2. The zero-order valence-corrected chi connectivity index (χ0v) is 18.7. The molecule has 0 atom stereocenters. The lowest BCUT2D eigenvalue weighted by Crippen LogP contribution is -2.15. The first-order valence-corrected chi connectivity index (χ1v) is 11.0. The van der Waals surface area contributed by atoms with E-state index in [1.807, 2.05) is 0 Å². The third-order valence-electron chi connectivity index (χ3n) is 4.78. The average molecular weight is 479 g/mol. The molecule has 0 unspecified atom stereocenters. The van der Waals surface area contributed by atoms with E-state index in [9.17, 15) is 19.3 Å². The van der Waals surface area contributed by atoms with Crippen LogP contribution >= 0.6 is 11.8 Å². The van der Waals surface area contributed by atoms with Crippen molar-refractivity contribution in [2.45, 2.75) is 5.16 Å². The van der Waals surface area contributed by atoms with E-state index >= 15 is 0 Å². The van der Waals surface area contributed by atoms with Crippen LogP contribution in [0, 0.1) is 15.9 Å². The van der Waals surface area contributed by atoms with Crippen molar-refractivity contribution in [3.05, 3.63) is 88.7 Å². The fraction of sp³-hybridized carbons (Fsp3) is 0.0870. The number of nitrogens with one attached hydrogen (secondary N) is 1. The van der Waals surface area contributed by atoms with Crippen LogP contribution < -0.4 is 10.1 Å². The van der Waals surface area contributed by atoms with Crippen LogP contribution in [0.1, 0.15) is 0 Å². The van der Waals surface area contributed by atoms with E-state index in [4.69, 9.17) is 4.74 Å². The minimum absolute atomic E-state index is 0.0904. The first-order chi connectivity index (χ1) is 16.5. The smallest absolute Gasteiger partial charge is 0.292 e. The lowest BCUT2D eigenvalue weighted by molar-refractivity contribution is -0.383. The summed E-state index contributed by atoms with van der Waals surface area (Å²) in [5.74, 6) is -0.0469. The second-order valence-electron chi connectivity index (χ2n) is 6.93. The molecule has 4 aromatic rings. The van der Waals surface area contributed by atoms with Crippen molar-refractivity contribution in [1.29, 1.82) is 0 Å². The monoisotopic (exact) mass is 479 g/mol. The predicted octanol–water partition coefficient (Wildman–Crippen LogP) is 4.72. The number of methoxy groups -OCH3 is 1. The van der Waals surface area contributed by atoms with Crippen LogP contribution in [0.3, 0.4) is 0 Å². The molecule has 0 aliphatic heterocycles. The summed E-state index contributed by atoms with van der Waals surface area (Å²) >= 11 is 1.03. The third-order valence-corrected chi connectivity index (χ3v) is 5.71. The molecule has 34 heavy (non-hydrogen) atoms. The van der Waals surface area contributed by atoms with E-state index in [-0.39, 0.29) is 28.0 Å². The first-order valence-electron chi connectivity index (χ1n) is 9.98. The Morgan fingerprint density at radius 1 is 1.09 bits per heavy atom. The summed E-state index contributed by atoms with van der Waals surface area (Å²) in [5, 5.41) is 22.4. The zero-order chi connectivity index (χ0) is 24.1. The van der Waals surface area contributed by atoms with Gasteiger partial charge in [0.1, 0.15) is 17.3 Å². The number of benzene rings is 3. The Morgan fingerprint density at radius 3 is 2.50 bits per heavy atom. The maximum atomic E-state index is 14.7. The topological polar surface area (TPSA) is 112 Å². The van der Waals surface area contributed by atoms with Crippen LogP contribution in [0.2, 0.25) is 0 Å². The van der Waals surface area contributed by atoms with Crippen molar-refractivity contribution in [2.24, 2.45) is 0 Å². The molecule has 0 aliphatic carbocycles. The number of thioether (sulfide) groups is 1. The number of carbonyl (C=O) groups is 1. The number of nitrogens with zero attached hydrogens (tertiary/aromatic N) is 4. The Bertz CT molecular complexity index is 1340. The van der Waals surface area contributed by atoms with Gasteiger partial charge < -0.3 is 10.1 Å². The van der Waals surface area contributed by atoms with E-state index < -0.39 is 16.6 Å². The number of nitro groups is 1. The SMILES string of the molecule is COc1ccc(-c2nnc(SCC(=O)Nc3ccccc3[N+](=O)[O-])n2-c2ccccc2F)cc1. The van der Waals surface area contributed by atoms with Crippen molar-refractivity contribution in [3.8, 4) is 22.8 Å². The standard InChI is InChI=1S/C23H18FN5O4S/c1-33-16-12-10-15(11-13-16)22-26-27-23(28(22)19-8-4-2-6-17(19)24)34-14-21(30)25-18-7-3-5-9-20(18)29(31)32/h2-13H,14H2,1H3,(H,25,30). The number of para-hydroxylation sites is 3. The van der Waals surface area contributed by atoms with E-state index in [0.717, 1.165) is 11.8 Å². The molecule has 1 N–H and O–H groups in total. The Labute approximate surface area is 197 Å². The van der Waals surface area contributed by atoms with E-state index in [0.29, 0.717) is 17.1 Å². The second-order valence-corrected chi connectivity index (χ2v) is 7.88. The number of amides is 1. The van der Waals surface area contributed by atoms with E-state index in [1.54, 1.807) is 55.6 Å².